The first kappa shape index (κ1) is 53.5. The number of hydrogen-bond acceptors (Lipinski definition) is 19. The number of aliphatic hydroxyl groups is 2. The number of imidazole rings is 1. The molecule has 2 aliphatic heterocycles. The van der Waals surface area contributed by atoms with Gasteiger partial charge in [-0.05, 0) is 30.9 Å². The highest BCUT2D eigenvalue weighted by Gasteiger charge is 2.52. The SMILES string of the molecule is CC(C)(COP(=O)(O)OP(=O)(O)OC[C@H]1O[C@@H](n2cnc3c(N)ncnc32)[C@H](O)[C@@H]1OP(=O)(O)O)[C@@H](O)C(=O)NCCC(=O)NCCSC(=O)C1(CCCc2cccc(C(F)(F)F)c2)CO1. The number of ether oxygens (including phenoxy) is 2. The van der Waals surface area contributed by atoms with Gasteiger partial charge in [-0.1, -0.05) is 43.8 Å². The number of phosphoric ester groups is 3. The molecular weight excluding hydrogens is 976 g/mol. The highest BCUT2D eigenvalue weighted by molar-refractivity contribution is 8.13. The van der Waals surface area contributed by atoms with E-state index in [1.807, 2.05) is 0 Å². The molecule has 0 spiro atoms. The van der Waals surface area contributed by atoms with Gasteiger partial charge in [0.1, 0.15) is 36.3 Å². The van der Waals surface area contributed by atoms with Crippen LogP contribution in [0.1, 0.15) is 50.5 Å². The van der Waals surface area contributed by atoms with Crippen LogP contribution in [0.4, 0.5) is 19.0 Å². The summed E-state index contributed by atoms with van der Waals surface area (Å²) in [5.74, 6) is -1.45. The molecule has 2 aromatic heterocycles. The average Bonchev–Trinajstić information content (AvgIpc) is 3.79. The summed E-state index contributed by atoms with van der Waals surface area (Å²) < 4.78 is 107. The number of nitrogen functional groups attached to an aromatic ring is 1. The minimum Gasteiger partial charge on any atom is -0.386 e. The van der Waals surface area contributed by atoms with Crippen molar-refractivity contribution in [2.45, 2.75) is 82.0 Å². The Morgan fingerprint density at radius 1 is 1.06 bits per heavy atom. The maximum absolute atomic E-state index is 13.0. The fourth-order valence-corrected chi connectivity index (χ4v) is 10.0. The number of nitrogens with two attached hydrogens (primary N) is 1. The lowest BCUT2D eigenvalue weighted by atomic mass is 9.87. The van der Waals surface area contributed by atoms with E-state index in [-0.39, 0.29) is 54.0 Å². The summed E-state index contributed by atoms with van der Waals surface area (Å²) in [5, 5.41) is 26.1. The number of nitrogens with one attached hydrogen (secondary N) is 2. The average molecular weight is 1020 g/mol. The van der Waals surface area contributed by atoms with Gasteiger partial charge in [0.05, 0.1) is 31.7 Å². The minimum atomic E-state index is -5.61. The van der Waals surface area contributed by atoms with Crippen LogP contribution < -0.4 is 16.4 Å². The molecule has 0 saturated carbocycles. The number of aliphatic hydroxyl groups excluding tert-OH is 2. The summed E-state index contributed by atoms with van der Waals surface area (Å²) in [5.41, 5.74) is 2.86. The van der Waals surface area contributed by atoms with E-state index < -0.39 is 102 Å². The van der Waals surface area contributed by atoms with Crippen LogP contribution >= 0.6 is 35.2 Å². The van der Waals surface area contributed by atoms with Crippen molar-refractivity contribution in [1.29, 1.82) is 0 Å². The summed E-state index contributed by atoms with van der Waals surface area (Å²) in [6, 6.07) is 4.94. The molecule has 2 amide bonds. The number of amides is 2. The lowest BCUT2D eigenvalue weighted by Crippen LogP contribution is -2.46. The Balaban J connectivity index is 1.00. The number of carbonyl (C=O) groups is 3. The van der Waals surface area contributed by atoms with E-state index in [1.165, 1.54) is 19.9 Å². The second kappa shape index (κ2) is 21.4. The van der Waals surface area contributed by atoms with Crippen molar-refractivity contribution in [1.82, 2.24) is 30.2 Å². The number of hydrogen-bond donors (Lipinski definition) is 9. The zero-order valence-corrected chi connectivity index (χ0v) is 38.3. The van der Waals surface area contributed by atoms with Crippen LogP contribution in [0, 0.1) is 5.41 Å². The molecule has 4 heterocycles. The van der Waals surface area contributed by atoms with Gasteiger partial charge in [-0.15, -0.1) is 0 Å². The molecule has 3 unspecified atom stereocenters. The van der Waals surface area contributed by atoms with Gasteiger partial charge in [-0.3, -0.25) is 32.5 Å². The molecule has 32 heteroatoms. The van der Waals surface area contributed by atoms with Crippen LogP contribution in [-0.2, 0) is 68.0 Å². The number of thioether (sulfide) groups is 1. The minimum absolute atomic E-state index is 0.0120. The molecule has 5 rings (SSSR count). The van der Waals surface area contributed by atoms with E-state index in [9.17, 15) is 71.0 Å². The van der Waals surface area contributed by atoms with E-state index in [0.29, 0.717) is 24.8 Å². The number of benzene rings is 1. The van der Waals surface area contributed by atoms with Crippen LogP contribution in [0.2, 0.25) is 0 Å². The first-order chi connectivity index (χ1) is 30.6. The Morgan fingerprint density at radius 3 is 2.42 bits per heavy atom. The van der Waals surface area contributed by atoms with Crippen molar-refractivity contribution in [2.24, 2.45) is 5.41 Å². The second-order valence-corrected chi connectivity index (χ2v) is 20.8. The third-order valence-electron chi connectivity index (χ3n) is 9.90. The van der Waals surface area contributed by atoms with E-state index in [4.69, 9.17) is 24.3 Å². The Kier molecular flexibility index (Phi) is 17.4. The molecule has 0 aliphatic carbocycles. The first-order valence-corrected chi connectivity index (χ1v) is 25.0. The highest BCUT2D eigenvalue weighted by atomic mass is 32.2. The summed E-state index contributed by atoms with van der Waals surface area (Å²) in [6.45, 7) is 0.303. The molecule has 3 aromatic rings. The number of fused-ring (bicyclic) bond motifs is 1. The second-order valence-electron chi connectivity index (χ2n) is 15.5. The lowest BCUT2D eigenvalue weighted by Gasteiger charge is -2.30. The predicted octanol–water partition coefficient (Wildman–Crippen LogP) is 1.48. The maximum atomic E-state index is 13.0. The number of nitrogens with zero attached hydrogens (tertiary/aromatic N) is 4. The molecule has 2 fully saturated rings. The van der Waals surface area contributed by atoms with E-state index in [0.717, 1.165) is 41.1 Å². The van der Waals surface area contributed by atoms with Gasteiger partial charge in [0.25, 0.3) is 0 Å². The van der Waals surface area contributed by atoms with Gasteiger partial charge in [0.15, 0.2) is 23.3 Å². The van der Waals surface area contributed by atoms with Gasteiger partial charge in [-0.25, -0.2) is 28.6 Å². The maximum Gasteiger partial charge on any atom is 0.481 e. The number of carbonyl (C=O) groups excluding carboxylic acids is 3. The summed E-state index contributed by atoms with van der Waals surface area (Å²) >= 11 is 0.918. The standard InChI is InChI=1S/C34H47F3N7O18P3S/c1-32(2,26(47)29(48)40-10-8-22(45)39-11-12-66-31(49)33(16-57-33)9-4-6-19-5-3-7-20(13-19)34(35,36)37)15-59-65(55,56)62-64(53,54)58-14-21-25(61-63(50,51)52)24(46)30(60-21)44-18-43-23-27(38)41-17-42-28(23)44/h3,5,7,13,17-18,21,24-26,30,46-47H,4,6,8-12,14-16H2,1-2H3,(H,39,45)(H,40,48)(H,53,54)(H,55,56)(H2,38,41,42)(H2,50,51,52)/t21-,24-,25-,26+,30-,33?/m1/s1. The van der Waals surface area contributed by atoms with Crippen molar-refractivity contribution in [3.8, 4) is 0 Å². The lowest BCUT2D eigenvalue weighted by molar-refractivity contribution is -0.138. The number of rotatable bonds is 24. The number of phosphoric acid groups is 3. The highest BCUT2D eigenvalue weighted by Crippen LogP contribution is 2.61. The van der Waals surface area contributed by atoms with Gasteiger partial charge in [0.2, 0.25) is 16.9 Å². The summed E-state index contributed by atoms with van der Waals surface area (Å²) in [4.78, 5) is 88.8. The normalized spacial score (nSPS) is 23.5. The number of aromatic nitrogens is 4. The van der Waals surface area contributed by atoms with Gasteiger partial charge in [-0.2, -0.15) is 17.5 Å². The fourth-order valence-electron chi connectivity index (χ4n) is 6.34. The van der Waals surface area contributed by atoms with Gasteiger partial charge >= 0.3 is 29.6 Å². The van der Waals surface area contributed by atoms with Crippen LogP contribution in [0.25, 0.3) is 11.2 Å². The first-order valence-electron chi connectivity index (χ1n) is 19.5. The van der Waals surface area contributed by atoms with Crippen molar-refractivity contribution in [3.05, 3.63) is 48.0 Å². The van der Waals surface area contributed by atoms with Gasteiger partial charge < -0.3 is 55.6 Å². The van der Waals surface area contributed by atoms with Crippen molar-refractivity contribution in [2.75, 3.05) is 44.4 Å². The summed E-state index contributed by atoms with van der Waals surface area (Å²) in [7, 11) is -16.5. The third kappa shape index (κ3) is 14.8. The van der Waals surface area contributed by atoms with Crippen molar-refractivity contribution in [3.63, 3.8) is 0 Å². The molecule has 10 N–H and O–H groups in total. The summed E-state index contributed by atoms with van der Waals surface area (Å²) in [6.07, 6.45) is -10.6. The largest absolute Gasteiger partial charge is 0.481 e. The zero-order valence-electron chi connectivity index (χ0n) is 34.8. The topological polar surface area (TPSA) is 376 Å². The number of epoxide rings is 1. The molecule has 2 aliphatic rings. The number of anilines is 1. The molecule has 2 saturated heterocycles. The molecule has 0 radical (unpaired) electrons. The molecule has 1 aromatic carbocycles. The van der Waals surface area contributed by atoms with Crippen LogP contribution in [0.15, 0.2) is 36.9 Å². The van der Waals surface area contributed by atoms with Crippen LogP contribution in [-0.4, -0.2) is 135 Å². The molecule has 25 nitrogen and oxygen atoms in total. The number of alkyl halides is 3. The molecule has 8 atom stereocenters. The van der Waals surface area contributed by atoms with E-state index >= 15 is 0 Å². The molecule has 368 valence electrons. The van der Waals surface area contributed by atoms with Gasteiger partial charge in [0, 0.05) is 30.7 Å². The fraction of sp³-hybridized carbons (Fsp3) is 0.588. The Bertz CT molecular complexity index is 2370. The number of aryl methyl sites for hydroxylation is 1. The van der Waals surface area contributed by atoms with E-state index in [1.54, 1.807) is 6.07 Å². The third-order valence-corrected chi connectivity index (χ3v) is 14.0. The predicted molar refractivity (Wildman–Crippen MR) is 220 cm³/mol. The Labute approximate surface area is 376 Å². The van der Waals surface area contributed by atoms with Crippen LogP contribution in [0.3, 0.4) is 0 Å². The van der Waals surface area contributed by atoms with Crippen molar-refractivity contribution >= 4 is 69.1 Å². The van der Waals surface area contributed by atoms with Crippen LogP contribution in [0.5, 0.6) is 0 Å². The smallest absolute Gasteiger partial charge is 0.386 e. The van der Waals surface area contributed by atoms with E-state index in [2.05, 4.69) is 34.4 Å². The molecular formula is C34H47F3N7O18P3S. The number of halogens is 3. The molecule has 0 bridgehead atoms. The Hall–Kier alpha value is -3.47. The quantitative estimate of drug-likeness (QED) is 0.0348. The molecule has 66 heavy (non-hydrogen) atoms. The zero-order chi connectivity index (χ0) is 48.9. The van der Waals surface area contributed by atoms with Crippen molar-refractivity contribution < 1.29 is 98.4 Å². The Morgan fingerprint density at radius 2 is 1.76 bits per heavy atom. The monoisotopic (exact) mass is 1020 g/mol.